The van der Waals surface area contributed by atoms with E-state index < -0.39 is 29.7 Å². The second-order valence-corrected chi connectivity index (χ2v) is 4.60. The van der Waals surface area contributed by atoms with Crippen molar-refractivity contribution in [3.63, 3.8) is 0 Å². The molecule has 0 saturated carbocycles. The largest absolute Gasteiger partial charge is 0.483 e. The lowest BCUT2D eigenvalue weighted by Crippen LogP contribution is -2.22. The molecule has 0 aliphatic carbocycles. The molecule has 1 aromatic carbocycles. The number of carboxylic acid groups (broad SMARTS) is 1. The van der Waals surface area contributed by atoms with Crippen molar-refractivity contribution < 1.29 is 27.8 Å². The molecule has 2 aromatic rings. The van der Waals surface area contributed by atoms with Gasteiger partial charge in [0, 0.05) is 18.8 Å². The molecule has 2 rings (SSSR count). The zero-order valence-electron chi connectivity index (χ0n) is 11.8. The van der Waals surface area contributed by atoms with Crippen LogP contribution in [0.5, 0.6) is 5.75 Å². The van der Waals surface area contributed by atoms with E-state index in [0.717, 1.165) is 10.9 Å². The Balaban J connectivity index is 2.55. The lowest BCUT2D eigenvalue weighted by molar-refractivity contribution is -0.153. The van der Waals surface area contributed by atoms with Gasteiger partial charge in [0.25, 0.3) is 0 Å². The highest BCUT2D eigenvalue weighted by Crippen LogP contribution is 2.28. The van der Waals surface area contributed by atoms with E-state index in [4.69, 9.17) is 9.84 Å². The molecule has 1 aromatic heterocycles. The van der Waals surface area contributed by atoms with Crippen molar-refractivity contribution in [2.24, 2.45) is 7.05 Å². The average molecular weight is 328 g/mol. The second kappa shape index (κ2) is 6.11. The maximum atomic E-state index is 12.3. The van der Waals surface area contributed by atoms with Crippen molar-refractivity contribution in [3.05, 3.63) is 46.2 Å². The number of aryl methyl sites for hydroxylation is 1. The summed E-state index contributed by atoms with van der Waals surface area (Å²) >= 11 is 0. The minimum Gasteiger partial charge on any atom is -0.483 e. The maximum absolute atomic E-state index is 12.3. The first-order valence-electron chi connectivity index (χ1n) is 6.29. The average Bonchev–Trinajstić information content (AvgIpc) is 2.46. The number of hydrogen-bond donors (Lipinski definition) is 1. The number of alkyl halides is 3. The molecule has 0 unspecified atom stereocenters. The van der Waals surface area contributed by atoms with E-state index in [9.17, 15) is 22.8 Å². The van der Waals surface area contributed by atoms with Gasteiger partial charge in [-0.3, -0.25) is 9.48 Å². The SMILES string of the molecule is Cn1cc(C(=O)O)c(=O)c(-c2ccccc2OCC(F)(F)F)n1. The quantitative estimate of drug-likeness (QED) is 0.929. The van der Waals surface area contributed by atoms with Gasteiger partial charge in [-0.2, -0.15) is 18.3 Å². The number of carboxylic acids is 1. The van der Waals surface area contributed by atoms with Gasteiger partial charge < -0.3 is 9.84 Å². The molecule has 0 aliphatic rings. The highest BCUT2D eigenvalue weighted by molar-refractivity contribution is 5.88. The summed E-state index contributed by atoms with van der Waals surface area (Å²) in [7, 11) is 1.40. The van der Waals surface area contributed by atoms with Crippen LogP contribution < -0.4 is 10.2 Å². The molecule has 1 heterocycles. The Morgan fingerprint density at radius 3 is 2.61 bits per heavy atom. The number of nitrogens with zero attached hydrogens (tertiary/aromatic N) is 2. The minimum absolute atomic E-state index is 0.0135. The summed E-state index contributed by atoms with van der Waals surface area (Å²) in [6.07, 6.45) is -3.53. The van der Waals surface area contributed by atoms with Gasteiger partial charge in [-0.1, -0.05) is 12.1 Å². The van der Waals surface area contributed by atoms with E-state index >= 15 is 0 Å². The number of para-hydroxylation sites is 1. The number of ether oxygens (including phenoxy) is 1. The summed E-state index contributed by atoms with van der Waals surface area (Å²) in [6, 6.07) is 5.49. The van der Waals surface area contributed by atoms with Gasteiger partial charge in [0.15, 0.2) is 6.61 Å². The zero-order valence-corrected chi connectivity index (χ0v) is 11.8. The molecule has 0 amide bonds. The number of halogens is 3. The Morgan fingerprint density at radius 1 is 1.35 bits per heavy atom. The van der Waals surface area contributed by atoms with Gasteiger partial charge in [-0.05, 0) is 12.1 Å². The summed E-state index contributed by atoms with van der Waals surface area (Å²) in [6.45, 7) is -1.54. The van der Waals surface area contributed by atoms with Crippen molar-refractivity contribution in [2.45, 2.75) is 6.18 Å². The zero-order chi connectivity index (χ0) is 17.2. The van der Waals surface area contributed by atoms with Gasteiger partial charge in [0.05, 0.1) is 0 Å². The number of benzene rings is 1. The summed E-state index contributed by atoms with van der Waals surface area (Å²) < 4.78 is 42.7. The molecular formula is C14H11F3N2O4. The first-order chi connectivity index (χ1) is 10.7. The molecule has 0 bridgehead atoms. The minimum atomic E-state index is -4.55. The van der Waals surface area contributed by atoms with Gasteiger partial charge >= 0.3 is 12.1 Å². The lowest BCUT2D eigenvalue weighted by Gasteiger charge is -2.13. The predicted octanol–water partition coefficient (Wildman–Crippen LogP) is 2.09. The fourth-order valence-corrected chi connectivity index (χ4v) is 1.88. The summed E-state index contributed by atoms with van der Waals surface area (Å²) in [5.41, 5.74) is -1.76. The van der Waals surface area contributed by atoms with E-state index in [1.807, 2.05) is 0 Å². The van der Waals surface area contributed by atoms with Crippen LogP contribution in [0.1, 0.15) is 10.4 Å². The van der Waals surface area contributed by atoms with Crippen LogP contribution in [0.4, 0.5) is 13.2 Å². The molecule has 1 N–H and O–H groups in total. The molecule has 0 aliphatic heterocycles. The van der Waals surface area contributed by atoms with E-state index in [-0.39, 0.29) is 17.0 Å². The van der Waals surface area contributed by atoms with Gasteiger partial charge in [-0.25, -0.2) is 4.79 Å². The third-order valence-electron chi connectivity index (χ3n) is 2.80. The smallest absolute Gasteiger partial charge is 0.422 e. The first kappa shape index (κ1) is 16.5. The van der Waals surface area contributed by atoms with E-state index in [1.54, 1.807) is 0 Å². The molecule has 0 radical (unpaired) electrons. The van der Waals surface area contributed by atoms with Crippen molar-refractivity contribution in [2.75, 3.05) is 6.61 Å². The molecule has 0 saturated heterocycles. The molecule has 9 heteroatoms. The Morgan fingerprint density at radius 2 is 2.00 bits per heavy atom. The molecular weight excluding hydrogens is 317 g/mol. The molecule has 0 spiro atoms. The van der Waals surface area contributed by atoms with Crippen LogP contribution in [0.3, 0.4) is 0 Å². The molecule has 0 atom stereocenters. The van der Waals surface area contributed by atoms with Crippen molar-refractivity contribution in [3.8, 4) is 17.0 Å². The highest BCUT2D eigenvalue weighted by Gasteiger charge is 2.29. The van der Waals surface area contributed by atoms with Gasteiger partial charge in [0.2, 0.25) is 5.43 Å². The number of aromatic carboxylic acids is 1. The third-order valence-corrected chi connectivity index (χ3v) is 2.80. The maximum Gasteiger partial charge on any atom is 0.422 e. The van der Waals surface area contributed by atoms with Crippen molar-refractivity contribution in [1.82, 2.24) is 9.78 Å². The van der Waals surface area contributed by atoms with Crippen LogP contribution >= 0.6 is 0 Å². The Labute approximate surface area is 127 Å². The van der Waals surface area contributed by atoms with E-state index in [2.05, 4.69) is 5.10 Å². The van der Waals surface area contributed by atoms with Crippen LogP contribution in [0.2, 0.25) is 0 Å². The molecule has 23 heavy (non-hydrogen) atoms. The van der Waals surface area contributed by atoms with E-state index in [0.29, 0.717) is 0 Å². The molecule has 0 fully saturated rings. The highest BCUT2D eigenvalue weighted by atomic mass is 19.4. The lowest BCUT2D eigenvalue weighted by atomic mass is 10.1. The molecule has 6 nitrogen and oxygen atoms in total. The van der Waals surface area contributed by atoms with Crippen molar-refractivity contribution >= 4 is 5.97 Å². The predicted molar refractivity (Wildman–Crippen MR) is 73.4 cm³/mol. The van der Waals surface area contributed by atoms with Crippen molar-refractivity contribution in [1.29, 1.82) is 0 Å². The van der Waals surface area contributed by atoms with Crippen LogP contribution in [-0.2, 0) is 7.05 Å². The normalized spacial score (nSPS) is 11.3. The first-order valence-corrected chi connectivity index (χ1v) is 6.29. The standard InChI is InChI=1S/C14H11F3N2O4/c1-19-6-9(13(21)22)12(20)11(18-19)8-4-2-3-5-10(8)23-7-14(15,16)17/h2-6H,7H2,1H3,(H,21,22). The Bertz CT molecular complexity index is 799. The van der Waals surface area contributed by atoms with Crippen LogP contribution in [-0.4, -0.2) is 33.6 Å². The number of aromatic nitrogens is 2. The topological polar surface area (TPSA) is 81.4 Å². The molecule has 122 valence electrons. The summed E-state index contributed by atoms with van der Waals surface area (Å²) in [4.78, 5) is 23.3. The van der Waals surface area contributed by atoms with Gasteiger partial charge in [0.1, 0.15) is 17.0 Å². The Kier molecular flexibility index (Phi) is 4.39. The van der Waals surface area contributed by atoms with E-state index in [1.165, 1.54) is 31.3 Å². The number of hydrogen-bond acceptors (Lipinski definition) is 4. The number of carbonyl (C=O) groups is 1. The monoisotopic (exact) mass is 328 g/mol. The third kappa shape index (κ3) is 3.87. The fourth-order valence-electron chi connectivity index (χ4n) is 1.88. The summed E-state index contributed by atoms with van der Waals surface area (Å²) in [5, 5.41) is 12.9. The summed E-state index contributed by atoms with van der Waals surface area (Å²) in [5.74, 6) is -1.67. The number of rotatable bonds is 4. The van der Waals surface area contributed by atoms with Crippen LogP contribution in [0.15, 0.2) is 35.3 Å². The second-order valence-electron chi connectivity index (χ2n) is 4.60. The van der Waals surface area contributed by atoms with Crippen LogP contribution in [0, 0.1) is 0 Å². The van der Waals surface area contributed by atoms with Gasteiger partial charge in [-0.15, -0.1) is 0 Å². The van der Waals surface area contributed by atoms with Crippen LogP contribution in [0.25, 0.3) is 11.3 Å². The fraction of sp³-hybridized carbons (Fsp3) is 0.214. The Hall–Kier alpha value is -2.84.